The van der Waals surface area contributed by atoms with Gasteiger partial charge in [0.15, 0.2) is 0 Å². The van der Waals surface area contributed by atoms with Crippen LogP contribution in [0.3, 0.4) is 0 Å². The summed E-state index contributed by atoms with van der Waals surface area (Å²) < 4.78 is 9.04. The standard InChI is InChI=1S/C34H28Cl2N4O3/c1-21-30(33(41)39(37-21)25-9-5-3-6-10-25)32(31-22(2)38-40(34(31)42)26-11-7-4-8-12-26)24-14-16-27(17-15-24)43-20-23-13-18-28(35)29(36)19-23/h3-19,32,37-38H,20H2,1-2H3. The number of halogens is 2. The maximum Gasteiger partial charge on any atom is 0.275 e. The Kier molecular flexibility index (Phi) is 7.84. The van der Waals surface area contributed by atoms with Crippen LogP contribution in [0.15, 0.2) is 113 Å². The molecule has 6 aromatic rings. The van der Waals surface area contributed by atoms with Crippen molar-refractivity contribution in [2.24, 2.45) is 0 Å². The lowest BCUT2D eigenvalue weighted by Crippen LogP contribution is -2.25. The first-order valence-electron chi connectivity index (χ1n) is 13.7. The molecule has 0 saturated carbocycles. The topological polar surface area (TPSA) is 84.8 Å². The highest BCUT2D eigenvalue weighted by Gasteiger charge is 2.31. The molecule has 0 bridgehead atoms. The molecule has 216 valence electrons. The lowest BCUT2D eigenvalue weighted by Gasteiger charge is -2.17. The summed E-state index contributed by atoms with van der Waals surface area (Å²) in [6, 6.07) is 31.6. The van der Waals surface area contributed by atoms with Gasteiger partial charge in [-0.05, 0) is 73.5 Å². The fourth-order valence-corrected chi connectivity index (χ4v) is 5.67. The highest BCUT2D eigenvalue weighted by atomic mass is 35.5. The van der Waals surface area contributed by atoms with Crippen molar-refractivity contribution in [2.75, 3.05) is 0 Å². The molecule has 0 aliphatic carbocycles. The molecule has 4 aromatic carbocycles. The normalized spacial score (nSPS) is 11.3. The van der Waals surface area contributed by atoms with Crippen molar-refractivity contribution in [3.63, 3.8) is 0 Å². The number of nitrogens with zero attached hydrogens (tertiary/aromatic N) is 2. The number of hydrogen-bond donors (Lipinski definition) is 2. The van der Waals surface area contributed by atoms with Gasteiger partial charge in [0.05, 0.1) is 32.5 Å². The highest BCUT2D eigenvalue weighted by Crippen LogP contribution is 2.33. The molecule has 0 radical (unpaired) electrons. The van der Waals surface area contributed by atoms with Gasteiger partial charge in [-0.3, -0.25) is 19.8 Å². The smallest absolute Gasteiger partial charge is 0.275 e. The third-order valence-corrected chi connectivity index (χ3v) is 8.18. The molecule has 0 aliphatic heterocycles. The SMILES string of the molecule is Cc1[nH]n(-c2ccccc2)c(=O)c1C(c1ccc(OCc2ccc(Cl)c(Cl)c2)cc1)c1c(C)[nH]n(-c2ccccc2)c1=O. The van der Waals surface area contributed by atoms with Gasteiger partial charge in [-0.25, -0.2) is 9.36 Å². The number of H-pyrrole nitrogens is 2. The molecular weight excluding hydrogens is 583 g/mol. The molecule has 0 unspecified atom stereocenters. The summed E-state index contributed by atoms with van der Waals surface area (Å²) in [5.41, 5.74) is 4.96. The van der Waals surface area contributed by atoms with Gasteiger partial charge in [-0.2, -0.15) is 0 Å². The Bertz CT molecular complexity index is 1910. The van der Waals surface area contributed by atoms with E-state index in [2.05, 4.69) is 10.2 Å². The zero-order chi connectivity index (χ0) is 30.1. The Balaban J connectivity index is 1.44. The van der Waals surface area contributed by atoms with Crippen molar-refractivity contribution < 1.29 is 4.74 Å². The Morgan fingerprint density at radius 1 is 0.674 bits per heavy atom. The number of nitrogens with one attached hydrogen (secondary N) is 2. The summed E-state index contributed by atoms with van der Waals surface area (Å²) >= 11 is 12.2. The quantitative estimate of drug-likeness (QED) is 0.189. The molecule has 0 spiro atoms. The van der Waals surface area contributed by atoms with Gasteiger partial charge >= 0.3 is 0 Å². The van der Waals surface area contributed by atoms with Crippen LogP contribution in [0.25, 0.3) is 11.4 Å². The maximum absolute atomic E-state index is 14.0. The van der Waals surface area contributed by atoms with E-state index in [4.69, 9.17) is 27.9 Å². The van der Waals surface area contributed by atoms with Crippen LogP contribution in [-0.4, -0.2) is 19.6 Å². The highest BCUT2D eigenvalue weighted by molar-refractivity contribution is 6.42. The minimum Gasteiger partial charge on any atom is -0.489 e. The average molecular weight is 612 g/mol. The van der Waals surface area contributed by atoms with E-state index < -0.39 is 5.92 Å². The fraction of sp³-hybridized carbons (Fsp3) is 0.118. The number of ether oxygens (including phenoxy) is 1. The molecule has 0 fully saturated rings. The van der Waals surface area contributed by atoms with Crippen molar-refractivity contribution in [1.82, 2.24) is 19.6 Å². The van der Waals surface area contributed by atoms with Crippen molar-refractivity contribution in [3.05, 3.63) is 168 Å². The van der Waals surface area contributed by atoms with Crippen LogP contribution in [0.5, 0.6) is 5.75 Å². The first-order chi connectivity index (χ1) is 20.8. The third kappa shape index (κ3) is 5.57. The number of aromatic amines is 2. The Hall–Kier alpha value is -4.72. The molecule has 0 atom stereocenters. The summed E-state index contributed by atoms with van der Waals surface area (Å²) in [5, 5.41) is 7.40. The average Bonchev–Trinajstić information content (AvgIpc) is 3.49. The number of rotatable bonds is 8. The van der Waals surface area contributed by atoms with E-state index in [-0.39, 0.29) is 11.1 Å². The number of hydrogen-bond acceptors (Lipinski definition) is 3. The molecule has 0 saturated heterocycles. The van der Waals surface area contributed by atoms with Crippen molar-refractivity contribution in [2.45, 2.75) is 26.4 Å². The summed E-state index contributed by atoms with van der Waals surface area (Å²) in [7, 11) is 0. The van der Waals surface area contributed by atoms with Gasteiger partial charge in [-0.15, -0.1) is 0 Å². The second-order valence-electron chi connectivity index (χ2n) is 10.3. The van der Waals surface area contributed by atoms with Gasteiger partial charge in [0.25, 0.3) is 11.1 Å². The summed E-state index contributed by atoms with van der Waals surface area (Å²) in [6.07, 6.45) is 0. The molecule has 43 heavy (non-hydrogen) atoms. The molecular formula is C34H28Cl2N4O3. The van der Waals surface area contributed by atoms with E-state index in [0.717, 1.165) is 11.1 Å². The zero-order valence-corrected chi connectivity index (χ0v) is 25.0. The largest absolute Gasteiger partial charge is 0.489 e. The number of benzene rings is 4. The molecule has 2 N–H and O–H groups in total. The van der Waals surface area contributed by atoms with Crippen LogP contribution < -0.4 is 15.9 Å². The minimum absolute atomic E-state index is 0.222. The first-order valence-corrected chi connectivity index (χ1v) is 14.5. The predicted octanol–water partition coefficient (Wildman–Crippen LogP) is 7.33. The van der Waals surface area contributed by atoms with E-state index in [1.165, 1.54) is 9.36 Å². The van der Waals surface area contributed by atoms with Crippen LogP contribution in [0.1, 0.15) is 39.6 Å². The van der Waals surface area contributed by atoms with E-state index in [1.54, 1.807) is 12.1 Å². The number of aromatic nitrogens is 4. The Morgan fingerprint density at radius 2 is 1.19 bits per heavy atom. The molecule has 0 aliphatic rings. The molecule has 7 nitrogen and oxygen atoms in total. The second kappa shape index (κ2) is 11.9. The molecule has 2 heterocycles. The molecule has 0 amide bonds. The van der Waals surface area contributed by atoms with Crippen LogP contribution in [0.2, 0.25) is 10.0 Å². The van der Waals surface area contributed by atoms with E-state index in [1.807, 2.05) is 105 Å². The fourth-order valence-electron chi connectivity index (χ4n) is 5.35. The van der Waals surface area contributed by atoms with Gasteiger partial charge in [0, 0.05) is 17.3 Å². The lowest BCUT2D eigenvalue weighted by atomic mass is 9.85. The zero-order valence-electron chi connectivity index (χ0n) is 23.5. The van der Waals surface area contributed by atoms with Crippen molar-refractivity contribution >= 4 is 23.2 Å². The van der Waals surface area contributed by atoms with E-state index in [0.29, 0.717) is 56.3 Å². The van der Waals surface area contributed by atoms with Gasteiger partial charge in [-0.1, -0.05) is 77.8 Å². The lowest BCUT2D eigenvalue weighted by molar-refractivity contribution is 0.306. The van der Waals surface area contributed by atoms with E-state index >= 15 is 0 Å². The van der Waals surface area contributed by atoms with Gasteiger partial charge in [0.2, 0.25) is 0 Å². The van der Waals surface area contributed by atoms with Crippen LogP contribution in [0.4, 0.5) is 0 Å². The molecule has 2 aromatic heterocycles. The Labute approximate surface area is 257 Å². The second-order valence-corrected chi connectivity index (χ2v) is 11.1. The van der Waals surface area contributed by atoms with Crippen molar-refractivity contribution in [3.8, 4) is 17.1 Å². The monoisotopic (exact) mass is 610 g/mol. The maximum atomic E-state index is 14.0. The minimum atomic E-state index is -0.647. The predicted molar refractivity (Wildman–Crippen MR) is 170 cm³/mol. The summed E-state index contributed by atoms with van der Waals surface area (Å²) in [4.78, 5) is 28.0. The van der Waals surface area contributed by atoms with Gasteiger partial charge in [0.1, 0.15) is 12.4 Å². The van der Waals surface area contributed by atoms with Gasteiger partial charge < -0.3 is 4.74 Å². The first kappa shape index (κ1) is 28.4. The number of aryl methyl sites for hydroxylation is 2. The summed E-state index contributed by atoms with van der Waals surface area (Å²) in [6.45, 7) is 4.02. The van der Waals surface area contributed by atoms with Crippen LogP contribution in [0, 0.1) is 13.8 Å². The number of para-hydroxylation sites is 2. The third-order valence-electron chi connectivity index (χ3n) is 7.44. The van der Waals surface area contributed by atoms with Crippen LogP contribution >= 0.6 is 23.2 Å². The van der Waals surface area contributed by atoms with Crippen molar-refractivity contribution in [1.29, 1.82) is 0 Å². The summed E-state index contributed by atoms with van der Waals surface area (Å²) in [5.74, 6) is -0.0138. The van der Waals surface area contributed by atoms with Crippen LogP contribution in [-0.2, 0) is 6.61 Å². The molecule has 9 heteroatoms. The Morgan fingerprint density at radius 3 is 1.67 bits per heavy atom. The molecule has 6 rings (SSSR count). The van der Waals surface area contributed by atoms with E-state index in [9.17, 15) is 9.59 Å².